The standard InChI is InChI=1S/C28H25N5O3/c1-2-24(34)31-20-12-8-18(9-13-20)23-16-17-30-28-25(27(29)35)26(32-33(23)28)19-10-14-22(15-11-19)36-21-6-4-3-5-7-21/h2-15,23,30H,1,16-17H2,(H2,29,35)(H,31,34). The third-order valence-corrected chi connectivity index (χ3v) is 6.02. The first kappa shape index (κ1) is 22.9. The van der Waals surface area contributed by atoms with Crippen molar-refractivity contribution >= 4 is 23.3 Å². The Balaban J connectivity index is 1.46. The Kier molecular flexibility index (Phi) is 6.23. The summed E-state index contributed by atoms with van der Waals surface area (Å²) in [6.07, 6.45) is 2.00. The third kappa shape index (κ3) is 4.56. The van der Waals surface area contributed by atoms with E-state index in [1.54, 1.807) is 0 Å². The largest absolute Gasteiger partial charge is 0.457 e. The quantitative estimate of drug-likeness (QED) is 0.324. The molecule has 2 amide bonds. The van der Waals surface area contributed by atoms with Crippen LogP contribution in [0.15, 0.2) is 91.5 Å². The predicted molar refractivity (Wildman–Crippen MR) is 139 cm³/mol. The number of hydrogen-bond acceptors (Lipinski definition) is 5. The van der Waals surface area contributed by atoms with Crippen molar-refractivity contribution in [3.63, 3.8) is 0 Å². The summed E-state index contributed by atoms with van der Waals surface area (Å²) in [6, 6.07) is 24.4. The van der Waals surface area contributed by atoms with E-state index in [0.717, 1.165) is 23.3 Å². The zero-order valence-electron chi connectivity index (χ0n) is 19.5. The lowest BCUT2D eigenvalue weighted by Crippen LogP contribution is -2.26. The van der Waals surface area contributed by atoms with Crippen molar-refractivity contribution in [2.75, 3.05) is 17.2 Å². The number of benzene rings is 3. The van der Waals surface area contributed by atoms with Gasteiger partial charge in [-0.05, 0) is 66.6 Å². The average molecular weight is 480 g/mol. The van der Waals surface area contributed by atoms with Gasteiger partial charge < -0.3 is 21.1 Å². The fourth-order valence-corrected chi connectivity index (χ4v) is 4.31. The fraction of sp³-hybridized carbons (Fsp3) is 0.107. The highest BCUT2D eigenvalue weighted by atomic mass is 16.5. The molecule has 5 rings (SSSR count). The van der Waals surface area contributed by atoms with E-state index in [1.165, 1.54) is 6.08 Å². The topological polar surface area (TPSA) is 111 Å². The van der Waals surface area contributed by atoms with Gasteiger partial charge in [0.2, 0.25) is 5.91 Å². The Bertz CT molecular complexity index is 1410. The fourth-order valence-electron chi connectivity index (χ4n) is 4.31. The molecular weight excluding hydrogens is 454 g/mol. The maximum Gasteiger partial charge on any atom is 0.254 e. The first-order valence-corrected chi connectivity index (χ1v) is 11.6. The second-order valence-electron chi connectivity index (χ2n) is 8.37. The molecule has 4 N–H and O–H groups in total. The van der Waals surface area contributed by atoms with E-state index in [9.17, 15) is 9.59 Å². The van der Waals surface area contributed by atoms with E-state index in [1.807, 2.05) is 83.5 Å². The number of aromatic nitrogens is 2. The lowest BCUT2D eigenvalue weighted by atomic mass is 10.0. The van der Waals surface area contributed by atoms with Gasteiger partial charge in [0.15, 0.2) is 0 Å². The van der Waals surface area contributed by atoms with Crippen LogP contribution in [0.1, 0.15) is 28.4 Å². The van der Waals surface area contributed by atoms with Gasteiger partial charge in [-0.15, -0.1) is 0 Å². The summed E-state index contributed by atoms with van der Waals surface area (Å²) >= 11 is 0. The molecule has 1 unspecified atom stereocenters. The highest BCUT2D eigenvalue weighted by molar-refractivity contribution is 6.04. The van der Waals surface area contributed by atoms with Crippen LogP contribution in [0.4, 0.5) is 11.5 Å². The molecule has 0 fully saturated rings. The minimum absolute atomic E-state index is 0.0991. The molecule has 2 heterocycles. The Labute approximate surface area is 208 Å². The van der Waals surface area contributed by atoms with Gasteiger partial charge in [0.05, 0.1) is 6.04 Å². The monoisotopic (exact) mass is 479 g/mol. The molecule has 4 aromatic rings. The first-order chi connectivity index (χ1) is 17.5. The Morgan fingerprint density at radius 2 is 1.72 bits per heavy atom. The molecule has 0 bridgehead atoms. The SMILES string of the molecule is C=CC(=O)Nc1ccc(C2CCNc3c(C(N)=O)c(-c4ccc(Oc5ccccc5)cc4)nn32)cc1. The van der Waals surface area contributed by atoms with Gasteiger partial charge in [-0.2, -0.15) is 5.10 Å². The van der Waals surface area contributed by atoms with Gasteiger partial charge in [0, 0.05) is 17.8 Å². The summed E-state index contributed by atoms with van der Waals surface area (Å²) in [5, 5.41) is 10.9. The van der Waals surface area contributed by atoms with Gasteiger partial charge in [-0.25, -0.2) is 4.68 Å². The molecule has 0 radical (unpaired) electrons. The summed E-state index contributed by atoms with van der Waals surface area (Å²) in [4.78, 5) is 24.1. The second kappa shape index (κ2) is 9.79. The maximum absolute atomic E-state index is 12.5. The zero-order chi connectivity index (χ0) is 25.1. The van der Waals surface area contributed by atoms with Gasteiger partial charge in [-0.1, -0.05) is 36.9 Å². The van der Waals surface area contributed by atoms with Crippen LogP contribution in [0.2, 0.25) is 0 Å². The molecule has 8 nitrogen and oxygen atoms in total. The summed E-state index contributed by atoms with van der Waals surface area (Å²) in [7, 11) is 0. The number of para-hydroxylation sites is 1. The zero-order valence-corrected chi connectivity index (χ0v) is 19.5. The van der Waals surface area contributed by atoms with Crippen LogP contribution in [0.25, 0.3) is 11.3 Å². The minimum atomic E-state index is -0.550. The predicted octanol–water partition coefficient (Wildman–Crippen LogP) is 4.97. The normalized spacial score (nSPS) is 14.3. The van der Waals surface area contributed by atoms with E-state index in [-0.39, 0.29) is 11.9 Å². The molecule has 1 atom stereocenters. The molecular formula is C28H25N5O3. The molecule has 8 heteroatoms. The lowest BCUT2D eigenvalue weighted by Gasteiger charge is -2.26. The van der Waals surface area contributed by atoms with Crippen LogP contribution in [-0.2, 0) is 4.79 Å². The Hall–Kier alpha value is -4.85. The van der Waals surface area contributed by atoms with Crippen molar-refractivity contribution in [2.45, 2.75) is 12.5 Å². The number of nitrogens with one attached hydrogen (secondary N) is 2. The van der Waals surface area contributed by atoms with Gasteiger partial charge in [0.25, 0.3) is 5.91 Å². The minimum Gasteiger partial charge on any atom is -0.457 e. The van der Waals surface area contributed by atoms with Gasteiger partial charge >= 0.3 is 0 Å². The van der Waals surface area contributed by atoms with Crippen molar-refractivity contribution < 1.29 is 14.3 Å². The molecule has 1 aliphatic heterocycles. The number of nitrogens with two attached hydrogens (primary N) is 1. The Morgan fingerprint density at radius 1 is 1.03 bits per heavy atom. The second-order valence-corrected chi connectivity index (χ2v) is 8.37. The van der Waals surface area contributed by atoms with E-state index in [2.05, 4.69) is 17.2 Å². The lowest BCUT2D eigenvalue weighted by molar-refractivity contribution is -0.111. The highest BCUT2D eigenvalue weighted by Gasteiger charge is 2.30. The summed E-state index contributed by atoms with van der Waals surface area (Å²) in [5.41, 5.74) is 9.12. The number of carbonyl (C=O) groups is 2. The molecule has 36 heavy (non-hydrogen) atoms. The van der Waals surface area contributed by atoms with Gasteiger partial charge in [-0.3, -0.25) is 9.59 Å². The Morgan fingerprint density at radius 3 is 2.39 bits per heavy atom. The van der Waals surface area contributed by atoms with Crippen LogP contribution >= 0.6 is 0 Å². The maximum atomic E-state index is 12.5. The first-order valence-electron chi connectivity index (χ1n) is 11.6. The van der Waals surface area contributed by atoms with Crippen molar-refractivity contribution in [3.8, 4) is 22.8 Å². The van der Waals surface area contributed by atoms with Crippen molar-refractivity contribution in [1.29, 1.82) is 0 Å². The number of hydrogen-bond donors (Lipinski definition) is 3. The number of primary amides is 1. The van der Waals surface area contributed by atoms with E-state index in [4.69, 9.17) is 15.6 Å². The smallest absolute Gasteiger partial charge is 0.254 e. The number of fused-ring (bicyclic) bond motifs is 1. The number of ether oxygens (including phenoxy) is 1. The van der Waals surface area contributed by atoms with Crippen LogP contribution in [0.3, 0.4) is 0 Å². The van der Waals surface area contributed by atoms with Crippen molar-refractivity contribution in [2.24, 2.45) is 5.73 Å². The molecule has 1 aliphatic rings. The van der Waals surface area contributed by atoms with Crippen molar-refractivity contribution in [3.05, 3.63) is 103 Å². The molecule has 1 aromatic heterocycles. The summed E-state index contributed by atoms with van der Waals surface area (Å²) in [6.45, 7) is 4.13. The number of nitrogens with zero attached hydrogens (tertiary/aromatic N) is 2. The van der Waals surface area contributed by atoms with E-state index < -0.39 is 5.91 Å². The summed E-state index contributed by atoms with van der Waals surface area (Å²) in [5.74, 6) is 1.20. The molecule has 0 saturated heterocycles. The highest BCUT2D eigenvalue weighted by Crippen LogP contribution is 2.37. The van der Waals surface area contributed by atoms with E-state index in [0.29, 0.717) is 35.1 Å². The number of amides is 2. The third-order valence-electron chi connectivity index (χ3n) is 6.02. The molecule has 0 aliphatic carbocycles. The molecule has 3 aromatic carbocycles. The van der Waals surface area contributed by atoms with Crippen LogP contribution in [0, 0.1) is 0 Å². The van der Waals surface area contributed by atoms with Crippen LogP contribution in [0.5, 0.6) is 11.5 Å². The number of rotatable bonds is 7. The van der Waals surface area contributed by atoms with E-state index >= 15 is 0 Å². The molecule has 180 valence electrons. The molecule has 0 saturated carbocycles. The summed E-state index contributed by atoms with van der Waals surface area (Å²) < 4.78 is 7.71. The number of carbonyl (C=O) groups excluding carboxylic acids is 2. The van der Waals surface area contributed by atoms with Crippen LogP contribution in [-0.4, -0.2) is 28.1 Å². The number of anilines is 2. The van der Waals surface area contributed by atoms with Crippen LogP contribution < -0.4 is 21.1 Å². The molecule has 0 spiro atoms. The average Bonchev–Trinajstić information content (AvgIpc) is 3.30. The van der Waals surface area contributed by atoms with Crippen molar-refractivity contribution in [1.82, 2.24) is 9.78 Å². The van der Waals surface area contributed by atoms with Gasteiger partial charge in [0.1, 0.15) is 28.6 Å².